The van der Waals surface area contributed by atoms with Gasteiger partial charge in [0.1, 0.15) is 0 Å². The molecule has 5 aliphatic rings. The fourth-order valence-electron chi connectivity index (χ4n) is 6.10. The van der Waals surface area contributed by atoms with Crippen molar-refractivity contribution in [1.82, 2.24) is 5.32 Å². The fraction of sp³-hybridized carbons (Fsp3) is 0.750. The van der Waals surface area contributed by atoms with Crippen LogP contribution in [0, 0.1) is 23.7 Å². The number of amides is 1. The average molecular weight is 480 g/mol. The molecule has 1 aromatic rings. The van der Waals surface area contributed by atoms with E-state index in [0.717, 1.165) is 30.6 Å². The Morgan fingerprint density at radius 1 is 1.18 bits per heavy atom. The molecule has 5 heterocycles. The van der Waals surface area contributed by atoms with E-state index in [0.29, 0.717) is 12.5 Å². The van der Waals surface area contributed by atoms with Crippen LogP contribution in [0.4, 0.5) is 0 Å². The van der Waals surface area contributed by atoms with Crippen molar-refractivity contribution in [3.8, 4) is 0 Å². The van der Waals surface area contributed by atoms with Crippen LogP contribution in [0.25, 0.3) is 0 Å². The summed E-state index contributed by atoms with van der Waals surface area (Å²) in [7, 11) is 0. The second-order valence-corrected chi connectivity index (χ2v) is 11.2. The molecule has 8 atom stereocenters. The highest BCUT2D eigenvalue weighted by atomic mass is 32.1. The summed E-state index contributed by atoms with van der Waals surface area (Å²) in [5, 5.41) is 4.80. The maximum atomic E-state index is 12.6. The summed E-state index contributed by atoms with van der Waals surface area (Å²) in [5.74, 6) is -0.751. The van der Waals surface area contributed by atoms with Crippen molar-refractivity contribution in [2.24, 2.45) is 23.7 Å². The summed E-state index contributed by atoms with van der Waals surface area (Å²) in [6, 6.07) is 3.90. The van der Waals surface area contributed by atoms with Crippen molar-refractivity contribution >= 4 is 23.2 Å². The minimum atomic E-state index is -0.868. The number of hydrogen-bond acceptors (Lipinski definition) is 8. The largest absolute Gasteiger partial charge is 0.435 e. The third-order valence-electron chi connectivity index (χ3n) is 7.94. The van der Waals surface area contributed by atoms with Gasteiger partial charge in [0.25, 0.3) is 0 Å². The van der Waals surface area contributed by atoms with E-state index in [9.17, 15) is 9.59 Å². The number of thiophene rings is 1. The highest BCUT2D eigenvalue weighted by Crippen LogP contribution is 2.60. The lowest BCUT2D eigenvalue weighted by atomic mass is 9.58. The molecule has 1 aromatic heterocycles. The van der Waals surface area contributed by atoms with Crippen molar-refractivity contribution in [2.45, 2.75) is 89.8 Å². The Labute approximate surface area is 198 Å². The molecule has 1 unspecified atom stereocenters. The van der Waals surface area contributed by atoms with E-state index < -0.39 is 29.9 Å². The molecule has 8 nitrogen and oxygen atoms in total. The molecule has 4 aliphatic heterocycles. The molecule has 9 heteroatoms. The van der Waals surface area contributed by atoms with Gasteiger partial charge in [-0.15, -0.1) is 11.3 Å². The quantitative estimate of drug-likeness (QED) is 0.489. The normalized spacial score (nSPS) is 41.7. The third-order valence-corrected chi connectivity index (χ3v) is 8.82. The lowest BCUT2D eigenvalue weighted by molar-refractivity contribution is -0.576. The maximum absolute atomic E-state index is 12.6. The number of carbonyl (C=O) groups excluding carboxylic acids is 2. The summed E-state index contributed by atoms with van der Waals surface area (Å²) in [5.41, 5.74) is -0.683. The van der Waals surface area contributed by atoms with E-state index >= 15 is 0 Å². The standard InChI is InChI=1S/C24H33NO7S/c1-14-6-7-18-15(2)21(28-20(27)9-8-19(26)25-13-16-5-4-12-33-16)29-22-24(18)17(14)10-11-23(3,30-22)31-32-24/h4-5,12,14-15,17-18,21-22H,6-11,13H2,1-3H3,(H,25,26)/t14-,15-,17+,18+,21-,22-,23+,24?/m1/s1. The zero-order valence-corrected chi connectivity index (χ0v) is 20.2. The van der Waals surface area contributed by atoms with Crippen LogP contribution in [0.2, 0.25) is 0 Å². The molecule has 0 aromatic carbocycles. The SMILES string of the molecule is C[C@H]1[C@H](OC(=O)CCC(=O)NCc2cccs2)O[C@@H]2O[C@]3(C)CC[C@H]4[C@H](C)CC[C@@H]1C24OO3. The molecule has 1 amide bonds. The van der Waals surface area contributed by atoms with Gasteiger partial charge in [0.05, 0.1) is 13.0 Å². The summed E-state index contributed by atoms with van der Waals surface area (Å²) in [4.78, 5) is 37.7. The Kier molecular flexibility index (Phi) is 6.28. The number of ether oxygens (including phenoxy) is 3. The lowest BCUT2D eigenvalue weighted by Gasteiger charge is -2.59. The molecule has 1 N–H and O–H groups in total. The van der Waals surface area contributed by atoms with Crippen molar-refractivity contribution in [3.05, 3.63) is 22.4 Å². The number of fused-ring (bicyclic) bond motifs is 2. The number of hydrogen-bond donors (Lipinski definition) is 1. The predicted octanol–water partition coefficient (Wildman–Crippen LogP) is 3.90. The van der Waals surface area contributed by atoms with E-state index in [4.69, 9.17) is 24.0 Å². The summed E-state index contributed by atoms with van der Waals surface area (Å²) in [6.07, 6.45) is 2.38. The molecule has 1 saturated carbocycles. The Hall–Kier alpha value is -1.52. The first kappa shape index (κ1) is 23.2. The van der Waals surface area contributed by atoms with Gasteiger partial charge in [-0.3, -0.25) is 9.59 Å². The van der Waals surface area contributed by atoms with E-state index in [2.05, 4.69) is 12.2 Å². The summed E-state index contributed by atoms with van der Waals surface area (Å²) < 4.78 is 18.3. The molecular weight excluding hydrogens is 446 g/mol. The number of carbonyl (C=O) groups is 2. The molecule has 4 saturated heterocycles. The van der Waals surface area contributed by atoms with Crippen LogP contribution in [0.15, 0.2) is 17.5 Å². The number of nitrogens with one attached hydrogen (secondary N) is 1. The second kappa shape index (κ2) is 8.92. The first-order valence-electron chi connectivity index (χ1n) is 12.0. The van der Waals surface area contributed by atoms with Crippen LogP contribution in [-0.4, -0.2) is 35.8 Å². The number of rotatable bonds is 6. The van der Waals surface area contributed by atoms with Crippen LogP contribution in [0.3, 0.4) is 0 Å². The molecule has 1 aliphatic carbocycles. The molecule has 1 spiro atoms. The second-order valence-electron chi connectivity index (χ2n) is 10.1. The van der Waals surface area contributed by atoms with Crippen LogP contribution >= 0.6 is 11.3 Å². The Bertz CT molecular complexity index is 878. The lowest BCUT2D eigenvalue weighted by Crippen LogP contribution is -2.70. The van der Waals surface area contributed by atoms with Crippen molar-refractivity contribution in [3.63, 3.8) is 0 Å². The van der Waals surface area contributed by atoms with Gasteiger partial charge in [-0.05, 0) is 49.5 Å². The van der Waals surface area contributed by atoms with Crippen LogP contribution < -0.4 is 5.32 Å². The topological polar surface area (TPSA) is 92.3 Å². The Morgan fingerprint density at radius 2 is 2.03 bits per heavy atom. The molecule has 182 valence electrons. The highest BCUT2D eigenvalue weighted by molar-refractivity contribution is 7.09. The first-order chi connectivity index (χ1) is 15.8. The van der Waals surface area contributed by atoms with E-state index in [1.165, 1.54) is 0 Å². The molecule has 5 fully saturated rings. The molecule has 0 radical (unpaired) electrons. The monoisotopic (exact) mass is 479 g/mol. The molecular formula is C24H33NO7S. The molecule has 33 heavy (non-hydrogen) atoms. The van der Waals surface area contributed by atoms with Gasteiger partial charge in [0.2, 0.25) is 18.0 Å². The predicted molar refractivity (Wildman–Crippen MR) is 118 cm³/mol. The third kappa shape index (κ3) is 4.23. The van der Waals surface area contributed by atoms with Gasteiger partial charge in [-0.1, -0.05) is 19.9 Å². The van der Waals surface area contributed by atoms with E-state index in [-0.39, 0.29) is 36.5 Å². The zero-order chi connectivity index (χ0) is 23.2. The molecule has 6 rings (SSSR count). The fourth-order valence-corrected chi connectivity index (χ4v) is 6.74. The average Bonchev–Trinajstić information content (AvgIpc) is 3.21. The van der Waals surface area contributed by atoms with Crippen LogP contribution in [0.5, 0.6) is 0 Å². The van der Waals surface area contributed by atoms with Gasteiger partial charge >= 0.3 is 5.97 Å². The minimum Gasteiger partial charge on any atom is -0.435 e. The number of esters is 1. The van der Waals surface area contributed by atoms with Crippen molar-refractivity contribution < 1.29 is 33.6 Å². The summed E-state index contributed by atoms with van der Waals surface area (Å²) in [6.45, 7) is 6.64. The smallest absolute Gasteiger partial charge is 0.308 e. The van der Waals surface area contributed by atoms with E-state index in [1.54, 1.807) is 11.3 Å². The van der Waals surface area contributed by atoms with Gasteiger partial charge in [-0.25, -0.2) is 9.78 Å². The van der Waals surface area contributed by atoms with Crippen molar-refractivity contribution in [1.29, 1.82) is 0 Å². The minimum absolute atomic E-state index is 0.00116. The van der Waals surface area contributed by atoms with Gasteiger partial charge in [-0.2, -0.15) is 0 Å². The summed E-state index contributed by atoms with van der Waals surface area (Å²) >= 11 is 1.58. The van der Waals surface area contributed by atoms with Gasteiger partial charge < -0.3 is 19.5 Å². The Balaban J connectivity index is 1.22. The molecule has 2 bridgehead atoms. The van der Waals surface area contributed by atoms with Gasteiger partial charge in [0, 0.05) is 29.6 Å². The van der Waals surface area contributed by atoms with Gasteiger partial charge in [0.15, 0.2) is 11.9 Å². The van der Waals surface area contributed by atoms with E-state index in [1.807, 2.05) is 31.4 Å². The highest BCUT2D eigenvalue weighted by Gasteiger charge is 2.69. The van der Waals surface area contributed by atoms with Crippen LogP contribution in [0.1, 0.15) is 64.2 Å². The Morgan fingerprint density at radius 3 is 2.82 bits per heavy atom. The zero-order valence-electron chi connectivity index (χ0n) is 19.4. The van der Waals surface area contributed by atoms with Crippen molar-refractivity contribution in [2.75, 3.05) is 0 Å². The maximum Gasteiger partial charge on any atom is 0.308 e. The first-order valence-corrected chi connectivity index (χ1v) is 12.9. The van der Waals surface area contributed by atoms with Crippen LogP contribution in [-0.2, 0) is 40.1 Å².